The lowest BCUT2D eigenvalue weighted by atomic mass is 9.80. The first-order valence-corrected chi connectivity index (χ1v) is 13.3. The molecule has 18 nitrogen and oxygen atoms in total. The van der Waals surface area contributed by atoms with Crippen molar-refractivity contribution < 1.29 is 85.8 Å². The minimum atomic E-state index is -1.46. The van der Waals surface area contributed by atoms with E-state index >= 15 is 0 Å². The monoisotopic (exact) mass is 672 g/mol. The lowest BCUT2D eigenvalue weighted by molar-refractivity contribution is -0.136. The molecule has 18 heteroatoms. The van der Waals surface area contributed by atoms with E-state index in [0.717, 1.165) is 55.4 Å². The molecular formula is C30H24O18. The maximum Gasteiger partial charge on any atom is 0.308 e. The van der Waals surface area contributed by atoms with Crippen LogP contribution in [-0.4, -0.2) is 59.3 Å². The Kier molecular flexibility index (Phi) is 10.4. The Morgan fingerprint density at radius 2 is 0.396 bits per heavy atom. The lowest BCUT2D eigenvalue weighted by Crippen LogP contribution is -2.28. The highest BCUT2D eigenvalue weighted by molar-refractivity contribution is 6.34. The number of esters is 8. The maximum atomic E-state index is 14.6. The summed E-state index contributed by atoms with van der Waals surface area (Å²) in [5.41, 5.74) is -3.99. The number of carbonyl (C=O) groups excluding carboxylic acids is 10. The van der Waals surface area contributed by atoms with Crippen LogP contribution < -0.4 is 37.9 Å². The zero-order chi connectivity index (χ0) is 36.4. The molecule has 0 spiro atoms. The van der Waals surface area contributed by atoms with Crippen LogP contribution in [0.1, 0.15) is 87.2 Å². The summed E-state index contributed by atoms with van der Waals surface area (Å²) in [6.07, 6.45) is 0. The van der Waals surface area contributed by atoms with Gasteiger partial charge in [0.05, 0.1) is 22.3 Å². The van der Waals surface area contributed by atoms with E-state index in [-0.39, 0.29) is 0 Å². The highest BCUT2D eigenvalue weighted by atomic mass is 16.6. The smallest absolute Gasteiger partial charge is 0.308 e. The molecule has 0 N–H and O–H groups in total. The summed E-state index contributed by atoms with van der Waals surface area (Å²) < 4.78 is 41.2. The van der Waals surface area contributed by atoms with Crippen LogP contribution in [-0.2, 0) is 38.4 Å². The van der Waals surface area contributed by atoms with E-state index < -0.39 is 128 Å². The van der Waals surface area contributed by atoms with Gasteiger partial charge in [-0.05, 0) is 0 Å². The van der Waals surface area contributed by atoms with Gasteiger partial charge in [-0.15, -0.1) is 0 Å². The molecule has 3 rings (SSSR count). The first-order chi connectivity index (χ1) is 22.3. The van der Waals surface area contributed by atoms with Gasteiger partial charge in [0, 0.05) is 55.4 Å². The Morgan fingerprint density at radius 3 is 0.521 bits per heavy atom. The fourth-order valence-corrected chi connectivity index (χ4v) is 4.35. The van der Waals surface area contributed by atoms with Crippen molar-refractivity contribution in [1.82, 2.24) is 0 Å². The zero-order valence-electron chi connectivity index (χ0n) is 26.3. The molecule has 2 aromatic rings. The topological polar surface area (TPSA) is 245 Å². The van der Waals surface area contributed by atoms with Crippen molar-refractivity contribution in [2.24, 2.45) is 0 Å². The summed E-state index contributed by atoms with van der Waals surface area (Å²) in [7, 11) is 0. The molecule has 2 aromatic carbocycles. The molecule has 0 aromatic heterocycles. The van der Waals surface area contributed by atoms with Crippen molar-refractivity contribution in [1.29, 1.82) is 0 Å². The molecule has 0 atom stereocenters. The molecule has 0 aliphatic heterocycles. The van der Waals surface area contributed by atoms with Gasteiger partial charge in [-0.3, -0.25) is 47.9 Å². The Morgan fingerprint density at radius 1 is 0.271 bits per heavy atom. The van der Waals surface area contributed by atoms with E-state index in [1.54, 1.807) is 0 Å². The second kappa shape index (κ2) is 13.9. The fourth-order valence-electron chi connectivity index (χ4n) is 4.35. The number of ketones is 2. The van der Waals surface area contributed by atoms with Crippen molar-refractivity contribution in [3.05, 3.63) is 22.3 Å². The van der Waals surface area contributed by atoms with Gasteiger partial charge in [-0.1, -0.05) is 0 Å². The third kappa shape index (κ3) is 7.33. The minimum Gasteiger partial charge on any atom is -0.422 e. The van der Waals surface area contributed by atoms with E-state index in [1.165, 1.54) is 0 Å². The highest BCUT2D eigenvalue weighted by Gasteiger charge is 2.48. The molecule has 0 bridgehead atoms. The van der Waals surface area contributed by atoms with Gasteiger partial charge in [0.25, 0.3) is 0 Å². The average molecular weight is 673 g/mol. The number of hydrogen-bond acceptors (Lipinski definition) is 18. The standard InChI is InChI=1S/C30H24O18/c1-9(31)41-23-17-18(24(42-10(2)32)28(46-14(6)36)27(23)45-13(5)35)22(40)20-19(21(17)39)25(43-11(3)33)29(47-15(7)37)30(48-16(8)38)26(20)44-12(4)34/h1-8H3. The largest absolute Gasteiger partial charge is 0.422 e. The number of benzene rings is 2. The highest BCUT2D eigenvalue weighted by Crippen LogP contribution is 2.58. The maximum absolute atomic E-state index is 14.6. The van der Waals surface area contributed by atoms with Crippen molar-refractivity contribution in [2.75, 3.05) is 0 Å². The van der Waals surface area contributed by atoms with Crippen LogP contribution in [0.3, 0.4) is 0 Å². The number of fused-ring (bicyclic) bond motifs is 2. The SMILES string of the molecule is CC(=O)Oc1c(OC(C)=O)c(OC(C)=O)c2c(c1OC(C)=O)C(=O)c1c(OC(C)=O)c(OC(C)=O)c(OC(C)=O)c(OC(C)=O)c1C2=O. The van der Waals surface area contributed by atoms with Gasteiger partial charge in [0.15, 0.2) is 23.0 Å². The molecule has 0 amide bonds. The molecule has 48 heavy (non-hydrogen) atoms. The van der Waals surface area contributed by atoms with Crippen molar-refractivity contribution in [3.63, 3.8) is 0 Å². The Bertz CT molecular complexity index is 1610. The molecule has 0 radical (unpaired) electrons. The number of carbonyl (C=O) groups is 10. The van der Waals surface area contributed by atoms with Gasteiger partial charge in [-0.2, -0.15) is 0 Å². The van der Waals surface area contributed by atoms with Crippen molar-refractivity contribution in [2.45, 2.75) is 55.4 Å². The van der Waals surface area contributed by atoms with Gasteiger partial charge in [0.2, 0.25) is 34.6 Å². The zero-order valence-corrected chi connectivity index (χ0v) is 26.3. The predicted molar refractivity (Wildman–Crippen MR) is 150 cm³/mol. The van der Waals surface area contributed by atoms with Crippen molar-refractivity contribution >= 4 is 59.3 Å². The van der Waals surface area contributed by atoms with Crippen LogP contribution in [0.4, 0.5) is 0 Å². The van der Waals surface area contributed by atoms with E-state index in [1.807, 2.05) is 0 Å². The summed E-state index contributed by atoms with van der Waals surface area (Å²) in [6.45, 7) is 6.78. The van der Waals surface area contributed by atoms with Gasteiger partial charge >= 0.3 is 47.8 Å². The Balaban J connectivity index is 2.80. The van der Waals surface area contributed by atoms with E-state index in [4.69, 9.17) is 37.9 Å². The van der Waals surface area contributed by atoms with Crippen LogP contribution >= 0.6 is 0 Å². The number of ether oxygens (including phenoxy) is 8. The summed E-state index contributed by atoms with van der Waals surface area (Å²) in [5.74, 6) is -20.3. The third-order valence-electron chi connectivity index (χ3n) is 5.52. The molecule has 1 aliphatic rings. The molecule has 0 unspecified atom stereocenters. The lowest BCUT2D eigenvalue weighted by Gasteiger charge is -2.28. The molecule has 0 fully saturated rings. The molecule has 1 aliphatic carbocycles. The van der Waals surface area contributed by atoms with Crippen LogP contribution in [0.25, 0.3) is 0 Å². The summed E-state index contributed by atoms with van der Waals surface area (Å²) in [5, 5.41) is 0. The van der Waals surface area contributed by atoms with E-state index in [9.17, 15) is 47.9 Å². The van der Waals surface area contributed by atoms with Gasteiger partial charge < -0.3 is 37.9 Å². The Hall–Kier alpha value is -6.46. The van der Waals surface area contributed by atoms with E-state index in [2.05, 4.69) is 0 Å². The van der Waals surface area contributed by atoms with Gasteiger partial charge in [0.1, 0.15) is 0 Å². The average Bonchev–Trinajstić information content (AvgIpc) is 2.91. The van der Waals surface area contributed by atoms with Crippen LogP contribution in [0.5, 0.6) is 46.0 Å². The molecule has 0 saturated heterocycles. The normalized spacial score (nSPS) is 11.2. The molecule has 252 valence electrons. The predicted octanol–water partition coefficient (Wildman–Crippen LogP) is 1.86. The second-order valence-corrected chi connectivity index (χ2v) is 9.54. The van der Waals surface area contributed by atoms with Crippen LogP contribution in [0.15, 0.2) is 0 Å². The number of rotatable bonds is 8. The van der Waals surface area contributed by atoms with Gasteiger partial charge in [-0.25, -0.2) is 0 Å². The summed E-state index contributed by atoms with van der Waals surface area (Å²) in [4.78, 5) is 127. The first kappa shape index (κ1) is 36.0. The summed E-state index contributed by atoms with van der Waals surface area (Å²) in [6, 6.07) is 0. The fraction of sp³-hybridized carbons (Fsp3) is 0.267. The molecule has 0 heterocycles. The first-order valence-electron chi connectivity index (χ1n) is 13.3. The van der Waals surface area contributed by atoms with Crippen LogP contribution in [0, 0.1) is 0 Å². The second-order valence-electron chi connectivity index (χ2n) is 9.54. The van der Waals surface area contributed by atoms with Crippen molar-refractivity contribution in [3.8, 4) is 46.0 Å². The number of hydrogen-bond donors (Lipinski definition) is 0. The summed E-state index contributed by atoms with van der Waals surface area (Å²) >= 11 is 0. The molecular weight excluding hydrogens is 648 g/mol. The quantitative estimate of drug-likeness (QED) is 0.245. The van der Waals surface area contributed by atoms with E-state index in [0.29, 0.717) is 0 Å². The Labute approximate surface area is 269 Å². The van der Waals surface area contributed by atoms with Crippen LogP contribution in [0.2, 0.25) is 0 Å². The minimum absolute atomic E-state index is 0.839. The third-order valence-corrected chi connectivity index (χ3v) is 5.52. The molecule has 0 saturated carbocycles.